The molecule has 5 rings (SSSR count). The highest BCUT2D eigenvalue weighted by Gasteiger charge is 2.30. The molecule has 2 aliphatic heterocycles. The average Bonchev–Trinajstić information content (AvgIpc) is 2.84. The highest BCUT2D eigenvalue weighted by molar-refractivity contribution is 8.00. The Morgan fingerprint density at radius 2 is 1.82 bits per heavy atom. The van der Waals surface area contributed by atoms with Crippen molar-refractivity contribution in [2.24, 2.45) is 0 Å². The van der Waals surface area contributed by atoms with Gasteiger partial charge in [-0.15, -0.1) is 11.8 Å². The van der Waals surface area contributed by atoms with E-state index in [4.69, 9.17) is 15.7 Å². The number of hydrogen-bond acceptors (Lipinski definition) is 5. The van der Waals surface area contributed by atoms with Gasteiger partial charge in [0.2, 0.25) is 0 Å². The highest BCUT2D eigenvalue weighted by atomic mass is 32.2. The van der Waals surface area contributed by atoms with Crippen LogP contribution in [0.3, 0.4) is 0 Å². The van der Waals surface area contributed by atoms with Gasteiger partial charge >= 0.3 is 0 Å². The Kier molecular flexibility index (Phi) is 3.99. The zero-order valence-electron chi connectivity index (χ0n) is 25.8. The van der Waals surface area contributed by atoms with Crippen LogP contribution in [0, 0.1) is 0 Å². The van der Waals surface area contributed by atoms with Crippen LogP contribution in [0.1, 0.15) is 53.9 Å². The molecule has 3 aromatic carbocycles. The first-order chi connectivity index (χ1) is 19.2. The summed E-state index contributed by atoms with van der Waals surface area (Å²) in [6.45, 7) is -2.72. The van der Waals surface area contributed by atoms with Crippen molar-refractivity contribution in [3.05, 3.63) is 83.4 Å². The summed E-state index contributed by atoms with van der Waals surface area (Å²) in [6, 6.07) is 13.7. The molecular weight excluding hydrogens is 430 g/mol. The van der Waals surface area contributed by atoms with Gasteiger partial charge in [0, 0.05) is 48.7 Å². The monoisotopic (exact) mass is 467 g/mol. The fraction of sp³-hybridized carbons (Fsp3) is 0.286. The minimum absolute atomic E-state index is 0.0135. The zero-order chi connectivity index (χ0) is 29.7. The maximum atomic E-state index is 10.1. The number of rotatable bonds is 6. The number of phenolic OH excluding ortho intramolecular Hbond substituents is 2. The van der Waals surface area contributed by atoms with Crippen molar-refractivity contribution in [3.8, 4) is 17.2 Å². The molecule has 2 aliphatic rings. The fourth-order valence-electron chi connectivity index (χ4n) is 4.15. The molecule has 4 nitrogen and oxygen atoms in total. The Balaban J connectivity index is 1.51. The molecule has 0 amide bonds. The van der Waals surface area contributed by atoms with E-state index in [2.05, 4.69) is 0 Å². The zero-order valence-corrected chi connectivity index (χ0v) is 18.7. The van der Waals surface area contributed by atoms with Crippen LogP contribution in [0.2, 0.25) is 0 Å². The van der Waals surface area contributed by atoms with Gasteiger partial charge < -0.3 is 19.8 Å². The van der Waals surface area contributed by atoms with Crippen molar-refractivity contribution in [2.75, 3.05) is 19.6 Å². The standard InChI is InChI=1S/C28H29NO3S/c1-3-14-29-16-24(17-29)33-23-11-6-20(7-12-23)28-27(19-4-8-21(30)9-5-19)18(2)25-13-10-22(31)15-26(25)32-28/h4-13,15,24,28,30-31H,3,14,16-17H2,1-2H3/i1D3,2D3,11D,12D. The third-order valence-electron chi connectivity index (χ3n) is 5.87. The minimum atomic E-state index is -2.57. The van der Waals surface area contributed by atoms with Gasteiger partial charge in [-0.1, -0.05) is 31.1 Å². The lowest BCUT2D eigenvalue weighted by molar-refractivity contribution is 0.191. The Hall–Kier alpha value is -2.89. The first kappa shape index (κ1) is 14.4. The number of benzene rings is 3. The molecule has 33 heavy (non-hydrogen) atoms. The van der Waals surface area contributed by atoms with E-state index in [0.29, 0.717) is 46.8 Å². The van der Waals surface area contributed by atoms with Crippen molar-refractivity contribution < 1.29 is 25.9 Å². The number of phenols is 2. The smallest absolute Gasteiger partial charge is 0.150 e. The normalized spacial score (nSPS) is 22.8. The van der Waals surface area contributed by atoms with Gasteiger partial charge in [0.15, 0.2) is 0 Å². The second-order valence-corrected chi connectivity index (χ2v) is 9.48. The van der Waals surface area contributed by atoms with E-state index in [1.54, 1.807) is 24.3 Å². The number of fused-ring (bicyclic) bond motifs is 1. The van der Waals surface area contributed by atoms with Gasteiger partial charge in [-0.3, -0.25) is 0 Å². The molecule has 0 aromatic heterocycles. The number of likely N-dealkylation sites (tertiary alicyclic amines) is 1. The molecule has 1 saturated heterocycles. The molecule has 5 heteroatoms. The predicted molar refractivity (Wildman–Crippen MR) is 135 cm³/mol. The van der Waals surface area contributed by atoms with Crippen LogP contribution in [0.15, 0.2) is 71.6 Å². The first-order valence-corrected chi connectivity index (χ1v) is 11.6. The molecule has 0 saturated carbocycles. The van der Waals surface area contributed by atoms with E-state index in [9.17, 15) is 10.2 Å². The van der Waals surface area contributed by atoms with Crippen LogP contribution in [-0.4, -0.2) is 40.0 Å². The van der Waals surface area contributed by atoms with E-state index in [1.165, 1.54) is 42.1 Å². The number of aromatic hydroxyl groups is 2. The number of allylic oxidation sites excluding steroid dienone is 1. The molecule has 1 atom stereocenters. The summed E-state index contributed by atoms with van der Waals surface area (Å²) >= 11 is 1.41. The van der Waals surface area contributed by atoms with Crippen LogP contribution >= 0.6 is 11.8 Å². The Morgan fingerprint density at radius 3 is 2.55 bits per heavy atom. The molecule has 0 aliphatic carbocycles. The molecule has 1 unspecified atom stereocenters. The summed E-state index contributed by atoms with van der Waals surface area (Å²) in [5.74, 6) is 0.0920. The van der Waals surface area contributed by atoms with E-state index in [-0.39, 0.29) is 46.6 Å². The lowest BCUT2D eigenvalue weighted by Gasteiger charge is -2.38. The molecule has 0 bridgehead atoms. The second-order valence-electron chi connectivity index (χ2n) is 8.17. The lowest BCUT2D eigenvalue weighted by Crippen LogP contribution is -2.48. The summed E-state index contributed by atoms with van der Waals surface area (Å²) in [7, 11) is 0. The second kappa shape index (κ2) is 9.16. The largest absolute Gasteiger partial charge is 0.508 e. The maximum absolute atomic E-state index is 10.1. The highest BCUT2D eigenvalue weighted by Crippen LogP contribution is 2.47. The van der Waals surface area contributed by atoms with Crippen LogP contribution in [-0.2, 0) is 0 Å². The van der Waals surface area contributed by atoms with E-state index in [1.807, 2.05) is 4.90 Å². The van der Waals surface area contributed by atoms with Crippen molar-refractivity contribution in [1.82, 2.24) is 4.90 Å². The molecule has 0 spiro atoms. The van der Waals surface area contributed by atoms with Crippen molar-refractivity contribution in [3.63, 3.8) is 0 Å². The molecule has 2 heterocycles. The SMILES string of the molecule is [2H]c1cc(C2Oc3cc(O)ccc3C(C([2H])([2H])[2H])=C2c2ccc(O)cc2)cc([2H])c1SC1CN(CCC([2H])([2H])[2H])C1. The van der Waals surface area contributed by atoms with Gasteiger partial charge in [-0.2, -0.15) is 0 Å². The molecule has 1 fully saturated rings. The molecule has 170 valence electrons. The number of hydrogen-bond donors (Lipinski definition) is 2. The van der Waals surface area contributed by atoms with Gasteiger partial charge in [-0.05, 0) is 72.9 Å². The topological polar surface area (TPSA) is 52.9 Å². The maximum Gasteiger partial charge on any atom is 0.150 e. The molecule has 3 aromatic rings. The van der Waals surface area contributed by atoms with Gasteiger partial charge in [-0.25, -0.2) is 0 Å². The van der Waals surface area contributed by atoms with Crippen LogP contribution in [0.5, 0.6) is 17.2 Å². The van der Waals surface area contributed by atoms with E-state index >= 15 is 0 Å². The minimum Gasteiger partial charge on any atom is -0.508 e. The molecular formula is C28H29NO3S. The molecule has 0 radical (unpaired) electrons. The number of ether oxygens (including phenoxy) is 1. The third-order valence-corrected chi connectivity index (χ3v) is 6.97. The summed E-state index contributed by atoms with van der Waals surface area (Å²) < 4.78 is 71.1. The first-order valence-electron chi connectivity index (χ1n) is 14.7. The van der Waals surface area contributed by atoms with Crippen LogP contribution < -0.4 is 4.74 Å². The third kappa shape index (κ3) is 4.48. The van der Waals surface area contributed by atoms with Crippen molar-refractivity contribution in [2.45, 2.75) is 36.4 Å². The Bertz CT molecular complexity index is 1460. The summed E-state index contributed by atoms with van der Waals surface area (Å²) in [5, 5.41) is 20.1. The van der Waals surface area contributed by atoms with Crippen molar-refractivity contribution in [1.29, 1.82) is 0 Å². The number of nitrogens with zero attached hydrogens (tertiary/aromatic N) is 1. The van der Waals surface area contributed by atoms with Crippen LogP contribution in [0.25, 0.3) is 11.1 Å². The fourth-order valence-corrected chi connectivity index (χ4v) is 5.31. The average molecular weight is 468 g/mol. The van der Waals surface area contributed by atoms with E-state index in [0.717, 1.165) is 0 Å². The quantitative estimate of drug-likeness (QED) is 0.442. The Labute approximate surface area is 210 Å². The Morgan fingerprint density at radius 1 is 1.06 bits per heavy atom. The lowest BCUT2D eigenvalue weighted by atomic mass is 9.86. The summed E-state index contributed by atoms with van der Waals surface area (Å²) in [5.41, 5.74) is 1.57. The molecule has 2 N–H and O–H groups in total. The van der Waals surface area contributed by atoms with Gasteiger partial charge in [0.1, 0.15) is 23.4 Å². The van der Waals surface area contributed by atoms with Gasteiger partial charge in [0.25, 0.3) is 0 Å². The summed E-state index contributed by atoms with van der Waals surface area (Å²) in [6.07, 6.45) is -0.889. The van der Waals surface area contributed by atoms with E-state index < -0.39 is 19.8 Å². The van der Waals surface area contributed by atoms with Gasteiger partial charge in [0.05, 0.1) is 2.74 Å². The van der Waals surface area contributed by atoms with Crippen molar-refractivity contribution >= 4 is 22.9 Å². The summed E-state index contributed by atoms with van der Waals surface area (Å²) in [4.78, 5) is 2.52. The number of thioether (sulfide) groups is 1. The predicted octanol–water partition coefficient (Wildman–Crippen LogP) is 6.35. The van der Waals surface area contributed by atoms with Crippen LogP contribution in [0.4, 0.5) is 0 Å².